The summed E-state index contributed by atoms with van der Waals surface area (Å²) >= 11 is 0. The van der Waals surface area contributed by atoms with Crippen LogP contribution in [0.2, 0.25) is 0 Å². The maximum atomic E-state index is 12.9. The highest BCUT2D eigenvalue weighted by Crippen LogP contribution is 2.22. The van der Waals surface area contributed by atoms with E-state index >= 15 is 0 Å². The number of aryl methyl sites for hydroxylation is 1. The molecular weight excluding hydrogens is 356 g/mol. The number of nitrogens with zero attached hydrogens (tertiary/aromatic N) is 2. The highest BCUT2D eigenvalue weighted by molar-refractivity contribution is 6.04. The topological polar surface area (TPSA) is 77.7 Å². The molecule has 3 aromatic rings. The van der Waals surface area contributed by atoms with Gasteiger partial charge < -0.3 is 15.0 Å². The third-order valence-corrected chi connectivity index (χ3v) is 4.85. The Morgan fingerprint density at radius 1 is 1.14 bits per heavy atom. The first kappa shape index (κ1) is 19.6. The normalized spacial score (nSPS) is 12.2. The Labute approximate surface area is 163 Å². The van der Waals surface area contributed by atoms with Gasteiger partial charge in [-0.25, -0.2) is 4.68 Å². The van der Waals surface area contributed by atoms with Crippen LogP contribution >= 0.6 is 0 Å². The number of likely N-dealkylation sites (N-methyl/N-ethyl adjacent to an activating group) is 1. The van der Waals surface area contributed by atoms with Crippen LogP contribution < -0.4 is 20.5 Å². The molecule has 0 radical (unpaired) electrons. The quantitative estimate of drug-likeness (QED) is 0.654. The molecule has 0 aliphatic carbocycles. The van der Waals surface area contributed by atoms with E-state index in [0.29, 0.717) is 17.3 Å². The van der Waals surface area contributed by atoms with E-state index in [9.17, 15) is 9.59 Å². The van der Waals surface area contributed by atoms with Crippen molar-refractivity contribution < 1.29 is 14.4 Å². The van der Waals surface area contributed by atoms with E-state index in [1.807, 2.05) is 38.4 Å². The Morgan fingerprint density at radius 2 is 1.79 bits per heavy atom. The van der Waals surface area contributed by atoms with E-state index < -0.39 is 0 Å². The third kappa shape index (κ3) is 3.75. The van der Waals surface area contributed by atoms with Crippen LogP contribution in [0.1, 0.15) is 22.1 Å². The molecule has 0 saturated heterocycles. The number of hydrogen-bond donors (Lipinski definition) is 2. The van der Waals surface area contributed by atoms with Crippen molar-refractivity contribution in [3.8, 4) is 5.75 Å². The molecule has 0 fully saturated rings. The number of hydrogen-bond acceptors (Lipinski definition) is 4. The van der Waals surface area contributed by atoms with Crippen molar-refractivity contribution in [3.63, 3.8) is 0 Å². The molecular formula is C21H25N4O3+. The number of carbonyl (C=O) groups excluding carboxylic acids is 1. The first-order valence-corrected chi connectivity index (χ1v) is 9.11. The van der Waals surface area contributed by atoms with E-state index in [-0.39, 0.29) is 23.2 Å². The lowest BCUT2D eigenvalue weighted by Gasteiger charge is -2.23. The highest BCUT2D eigenvalue weighted by atomic mass is 16.5. The lowest BCUT2D eigenvalue weighted by atomic mass is 10.0. The number of benzene rings is 2. The zero-order valence-electron chi connectivity index (χ0n) is 16.5. The number of quaternary nitrogens is 1. The van der Waals surface area contributed by atoms with Crippen LogP contribution in [0, 0.1) is 0 Å². The number of amides is 1. The van der Waals surface area contributed by atoms with Gasteiger partial charge in [-0.05, 0) is 18.2 Å². The van der Waals surface area contributed by atoms with Crippen molar-refractivity contribution in [2.45, 2.75) is 6.04 Å². The number of rotatable bonds is 6. The van der Waals surface area contributed by atoms with Crippen LogP contribution in [0.25, 0.3) is 10.8 Å². The predicted octanol–water partition coefficient (Wildman–Crippen LogP) is 0.558. The van der Waals surface area contributed by atoms with E-state index in [4.69, 9.17) is 4.74 Å². The molecule has 0 aliphatic heterocycles. The molecule has 1 atom stereocenters. The molecule has 7 nitrogen and oxygen atoms in total. The number of ether oxygens (including phenoxy) is 1. The van der Waals surface area contributed by atoms with Crippen molar-refractivity contribution >= 4 is 16.7 Å². The fourth-order valence-corrected chi connectivity index (χ4v) is 3.33. The van der Waals surface area contributed by atoms with Crippen LogP contribution in [0.4, 0.5) is 0 Å². The second-order valence-electron chi connectivity index (χ2n) is 6.90. The number of para-hydroxylation sites is 1. The number of methoxy groups -OCH3 is 1. The van der Waals surface area contributed by atoms with Crippen LogP contribution in [-0.4, -0.2) is 43.4 Å². The second kappa shape index (κ2) is 8.22. The van der Waals surface area contributed by atoms with Crippen LogP contribution in [0.15, 0.2) is 53.3 Å². The van der Waals surface area contributed by atoms with Crippen molar-refractivity contribution in [3.05, 3.63) is 70.1 Å². The Bertz CT molecular complexity index is 1060. The summed E-state index contributed by atoms with van der Waals surface area (Å²) in [7, 11) is 7.25. The van der Waals surface area contributed by atoms with Crippen molar-refractivity contribution in [2.75, 3.05) is 27.7 Å². The number of nitrogens with one attached hydrogen (secondary N) is 2. The molecule has 0 unspecified atom stereocenters. The van der Waals surface area contributed by atoms with Crippen molar-refractivity contribution in [1.82, 2.24) is 15.1 Å². The van der Waals surface area contributed by atoms with Gasteiger partial charge in [0, 0.05) is 12.4 Å². The fraction of sp³-hybridized carbons (Fsp3) is 0.286. The van der Waals surface area contributed by atoms with Gasteiger partial charge in [0.05, 0.1) is 38.7 Å². The average Bonchev–Trinajstić information content (AvgIpc) is 2.70. The third-order valence-electron chi connectivity index (χ3n) is 4.85. The Kier molecular flexibility index (Phi) is 5.75. The molecule has 2 aromatic carbocycles. The minimum absolute atomic E-state index is 0.00102. The van der Waals surface area contributed by atoms with Gasteiger partial charge in [-0.15, -0.1) is 0 Å². The summed E-state index contributed by atoms with van der Waals surface area (Å²) in [6.07, 6.45) is 0. The lowest BCUT2D eigenvalue weighted by Crippen LogP contribution is -3.07. The van der Waals surface area contributed by atoms with E-state index in [1.54, 1.807) is 38.4 Å². The molecule has 0 spiro atoms. The zero-order chi connectivity index (χ0) is 20.3. The minimum Gasteiger partial charge on any atom is -0.496 e. The summed E-state index contributed by atoms with van der Waals surface area (Å²) in [6, 6.07) is 14.8. The van der Waals surface area contributed by atoms with Crippen molar-refractivity contribution in [1.29, 1.82) is 0 Å². The number of carbonyl (C=O) groups is 1. The molecule has 0 bridgehead atoms. The summed E-state index contributed by atoms with van der Waals surface area (Å²) in [6.45, 7) is 0.403. The maximum Gasteiger partial charge on any atom is 0.274 e. The monoisotopic (exact) mass is 381 g/mol. The van der Waals surface area contributed by atoms with Gasteiger partial charge in [-0.1, -0.05) is 30.3 Å². The van der Waals surface area contributed by atoms with Crippen molar-refractivity contribution in [2.24, 2.45) is 7.05 Å². The van der Waals surface area contributed by atoms with Gasteiger partial charge in [-0.3, -0.25) is 9.59 Å². The lowest BCUT2D eigenvalue weighted by molar-refractivity contribution is -0.890. The van der Waals surface area contributed by atoms with Crippen LogP contribution in [-0.2, 0) is 7.05 Å². The number of fused-ring (bicyclic) bond motifs is 1. The Morgan fingerprint density at radius 3 is 2.46 bits per heavy atom. The summed E-state index contributed by atoms with van der Waals surface area (Å²) < 4.78 is 6.68. The van der Waals surface area contributed by atoms with Crippen LogP contribution in [0.3, 0.4) is 0 Å². The molecule has 3 rings (SSSR count). The molecule has 146 valence electrons. The van der Waals surface area contributed by atoms with Gasteiger partial charge in [0.1, 0.15) is 11.8 Å². The molecule has 1 heterocycles. The standard InChI is InChI=1S/C21H24N4O3/c1-24(2)17(16-11-7-8-12-18(16)28-4)13-22-20(26)19-14-9-5-6-10-15(14)21(27)25(3)23-19/h5-12,17H,13H2,1-4H3,(H,22,26)/p+1/t17-/m1/s1. The largest absolute Gasteiger partial charge is 0.496 e. The average molecular weight is 381 g/mol. The fourth-order valence-electron chi connectivity index (χ4n) is 3.33. The zero-order valence-corrected chi connectivity index (χ0v) is 16.5. The van der Waals surface area contributed by atoms with Crippen LogP contribution in [0.5, 0.6) is 5.75 Å². The van der Waals surface area contributed by atoms with E-state index in [0.717, 1.165) is 16.2 Å². The van der Waals surface area contributed by atoms with Gasteiger partial charge in [0.25, 0.3) is 11.5 Å². The summed E-state index contributed by atoms with van der Waals surface area (Å²) in [4.78, 5) is 26.3. The summed E-state index contributed by atoms with van der Waals surface area (Å²) in [5, 5.41) is 8.19. The molecule has 2 N–H and O–H groups in total. The molecule has 0 aliphatic rings. The summed E-state index contributed by atoms with van der Waals surface area (Å²) in [5.41, 5.74) is 1.03. The molecule has 0 saturated carbocycles. The first-order chi connectivity index (χ1) is 13.4. The van der Waals surface area contributed by atoms with E-state index in [2.05, 4.69) is 10.4 Å². The Balaban J connectivity index is 1.90. The van der Waals surface area contributed by atoms with Gasteiger partial charge in [-0.2, -0.15) is 5.10 Å². The highest BCUT2D eigenvalue weighted by Gasteiger charge is 2.24. The first-order valence-electron chi connectivity index (χ1n) is 9.11. The van der Waals surface area contributed by atoms with Gasteiger partial charge >= 0.3 is 0 Å². The van der Waals surface area contributed by atoms with Gasteiger partial charge in [0.15, 0.2) is 5.69 Å². The minimum atomic E-state index is -0.312. The molecule has 1 aromatic heterocycles. The molecule has 7 heteroatoms. The number of aromatic nitrogens is 2. The molecule has 1 amide bonds. The Hall–Kier alpha value is -3.19. The SMILES string of the molecule is COc1ccccc1[C@@H](CNC(=O)c1nn(C)c(=O)c2ccccc12)[NH+](C)C. The summed E-state index contributed by atoms with van der Waals surface area (Å²) in [5.74, 6) is 0.474. The van der Waals surface area contributed by atoms with Gasteiger partial charge in [0.2, 0.25) is 0 Å². The second-order valence-corrected chi connectivity index (χ2v) is 6.90. The molecule has 28 heavy (non-hydrogen) atoms. The smallest absolute Gasteiger partial charge is 0.274 e. The predicted molar refractivity (Wildman–Crippen MR) is 108 cm³/mol. The maximum absolute atomic E-state index is 12.9. The van der Waals surface area contributed by atoms with E-state index in [1.165, 1.54) is 4.68 Å².